The van der Waals surface area contributed by atoms with Crippen molar-refractivity contribution in [2.24, 2.45) is 0 Å². The van der Waals surface area contributed by atoms with E-state index in [9.17, 15) is 14.4 Å². The molecule has 0 heterocycles. The number of amides is 2. The van der Waals surface area contributed by atoms with E-state index in [1.807, 2.05) is 30.3 Å². The van der Waals surface area contributed by atoms with Crippen molar-refractivity contribution in [2.75, 3.05) is 17.3 Å². The molecule has 25 heavy (non-hydrogen) atoms. The van der Waals surface area contributed by atoms with Gasteiger partial charge in [-0.05, 0) is 50.2 Å². The zero-order valence-electron chi connectivity index (χ0n) is 14.4. The first-order valence-electron chi connectivity index (χ1n) is 7.82. The highest BCUT2D eigenvalue weighted by Crippen LogP contribution is 2.14. The van der Waals surface area contributed by atoms with Crippen LogP contribution >= 0.6 is 0 Å². The van der Waals surface area contributed by atoms with Crippen molar-refractivity contribution in [3.8, 4) is 0 Å². The number of nitrogens with zero attached hydrogens (tertiary/aromatic N) is 1. The number of para-hydroxylation sites is 1. The lowest BCUT2D eigenvalue weighted by Gasteiger charge is -2.15. The molecule has 0 aliphatic rings. The molecule has 2 aromatic carbocycles. The summed E-state index contributed by atoms with van der Waals surface area (Å²) in [6, 6.07) is 15.8. The van der Waals surface area contributed by atoms with Gasteiger partial charge in [-0.25, -0.2) is 0 Å². The van der Waals surface area contributed by atoms with Gasteiger partial charge in [-0.1, -0.05) is 18.2 Å². The number of hydrogen-bond donors (Lipinski definition) is 1. The minimum absolute atomic E-state index is 0.0384. The summed E-state index contributed by atoms with van der Waals surface area (Å²) in [6.07, 6.45) is 1.30. The van der Waals surface area contributed by atoms with Crippen LogP contribution in [0.3, 0.4) is 0 Å². The molecule has 0 saturated heterocycles. The molecule has 0 unspecified atom stereocenters. The lowest BCUT2D eigenvalue weighted by Crippen LogP contribution is -2.25. The summed E-state index contributed by atoms with van der Waals surface area (Å²) in [7, 11) is 1.65. The Labute approximate surface area is 147 Å². The Kier molecular flexibility index (Phi) is 5.84. The third-order valence-electron chi connectivity index (χ3n) is 3.72. The van der Waals surface area contributed by atoms with Crippen molar-refractivity contribution < 1.29 is 14.4 Å². The van der Waals surface area contributed by atoms with Crippen LogP contribution < -0.4 is 10.2 Å². The van der Waals surface area contributed by atoms with E-state index in [2.05, 4.69) is 5.32 Å². The molecule has 1 N–H and O–H groups in total. The molecule has 5 nitrogen and oxygen atoms in total. The van der Waals surface area contributed by atoms with E-state index < -0.39 is 0 Å². The van der Waals surface area contributed by atoms with Gasteiger partial charge in [0.05, 0.1) is 0 Å². The Morgan fingerprint density at radius 2 is 1.52 bits per heavy atom. The van der Waals surface area contributed by atoms with E-state index in [1.54, 1.807) is 38.2 Å². The lowest BCUT2D eigenvalue weighted by atomic mass is 10.1. The van der Waals surface area contributed by atoms with Gasteiger partial charge in [0.2, 0.25) is 0 Å². The third kappa shape index (κ3) is 4.88. The summed E-state index contributed by atoms with van der Waals surface area (Å²) in [6.45, 7) is 3.06. The monoisotopic (exact) mass is 336 g/mol. The van der Waals surface area contributed by atoms with E-state index in [1.165, 1.54) is 17.9 Å². The maximum Gasteiger partial charge on any atom is 0.251 e. The Morgan fingerprint density at radius 3 is 2.08 bits per heavy atom. The largest absolute Gasteiger partial charge is 0.322 e. The molecule has 0 fully saturated rings. The van der Waals surface area contributed by atoms with Gasteiger partial charge in [0.15, 0.2) is 5.78 Å². The predicted octanol–water partition coefficient (Wildman–Crippen LogP) is 3.44. The Morgan fingerprint density at radius 1 is 0.920 bits per heavy atom. The predicted molar refractivity (Wildman–Crippen MR) is 98.7 cm³/mol. The van der Waals surface area contributed by atoms with Crippen LogP contribution in [0.1, 0.15) is 24.2 Å². The molecule has 0 spiro atoms. The zero-order valence-corrected chi connectivity index (χ0v) is 14.4. The van der Waals surface area contributed by atoms with Crippen molar-refractivity contribution in [1.29, 1.82) is 0 Å². The minimum atomic E-state index is -0.370. The first-order chi connectivity index (χ1) is 11.9. The molecular weight excluding hydrogens is 316 g/mol. The standard InChI is InChI=1S/C20H20N2O3/c1-14(13-19(24)22(3)18-7-5-4-6-8-18)20(25)21-17-11-9-16(10-12-17)15(2)23/h4-13H,1-3H3,(H,21,25)/b14-13-. The minimum Gasteiger partial charge on any atom is -0.322 e. The number of hydrogen-bond acceptors (Lipinski definition) is 3. The summed E-state index contributed by atoms with van der Waals surface area (Å²) in [5.41, 5.74) is 2.18. The van der Waals surface area contributed by atoms with Crippen LogP contribution in [0.15, 0.2) is 66.2 Å². The summed E-state index contributed by atoms with van der Waals surface area (Å²) < 4.78 is 0. The summed E-state index contributed by atoms with van der Waals surface area (Å²) in [4.78, 5) is 37.2. The van der Waals surface area contributed by atoms with Gasteiger partial charge in [-0.3, -0.25) is 14.4 Å². The highest BCUT2D eigenvalue weighted by molar-refractivity contribution is 6.10. The van der Waals surface area contributed by atoms with Gasteiger partial charge in [0, 0.05) is 35.6 Å². The number of anilines is 2. The average Bonchev–Trinajstić information content (AvgIpc) is 2.62. The van der Waals surface area contributed by atoms with Crippen molar-refractivity contribution in [3.05, 3.63) is 71.8 Å². The molecule has 5 heteroatoms. The van der Waals surface area contributed by atoms with E-state index in [0.717, 1.165) is 5.69 Å². The fourth-order valence-electron chi connectivity index (χ4n) is 2.14. The van der Waals surface area contributed by atoms with Crippen molar-refractivity contribution in [2.45, 2.75) is 13.8 Å². The fourth-order valence-corrected chi connectivity index (χ4v) is 2.14. The van der Waals surface area contributed by atoms with Crippen LogP contribution in [-0.2, 0) is 9.59 Å². The van der Waals surface area contributed by atoms with Crippen LogP contribution in [0.2, 0.25) is 0 Å². The summed E-state index contributed by atoms with van der Waals surface area (Å²) in [5, 5.41) is 2.70. The second-order valence-electron chi connectivity index (χ2n) is 5.65. The molecule has 2 aromatic rings. The van der Waals surface area contributed by atoms with Crippen LogP contribution in [-0.4, -0.2) is 24.6 Å². The van der Waals surface area contributed by atoms with Crippen LogP contribution in [0, 0.1) is 0 Å². The molecule has 0 aliphatic heterocycles. The first-order valence-corrected chi connectivity index (χ1v) is 7.82. The Hall–Kier alpha value is -3.21. The van der Waals surface area contributed by atoms with Gasteiger partial charge < -0.3 is 10.2 Å². The SMILES string of the molecule is CC(=O)c1ccc(NC(=O)/C(C)=C\C(=O)N(C)c2ccccc2)cc1. The molecule has 2 rings (SSSR count). The van der Waals surface area contributed by atoms with Gasteiger partial charge in [0.1, 0.15) is 0 Å². The molecule has 0 aromatic heterocycles. The molecule has 0 radical (unpaired) electrons. The lowest BCUT2D eigenvalue weighted by molar-refractivity contribution is -0.115. The number of benzene rings is 2. The van der Waals surface area contributed by atoms with E-state index in [-0.39, 0.29) is 17.6 Å². The van der Waals surface area contributed by atoms with Crippen molar-refractivity contribution >= 4 is 29.0 Å². The average molecular weight is 336 g/mol. The van der Waals surface area contributed by atoms with E-state index >= 15 is 0 Å². The molecule has 0 aliphatic carbocycles. The molecule has 2 amide bonds. The number of likely N-dealkylation sites (N-methyl/N-ethyl adjacent to an activating group) is 1. The number of carbonyl (C=O) groups excluding carboxylic acids is 3. The normalized spacial score (nSPS) is 10.9. The number of Topliss-reactive ketones (excluding diaryl/α,β-unsaturated/α-hetero) is 1. The number of nitrogens with one attached hydrogen (secondary N) is 1. The number of ketones is 1. The Balaban J connectivity index is 2.04. The number of carbonyl (C=O) groups is 3. The van der Waals surface area contributed by atoms with Crippen molar-refractivity contribution in [3.63, 3.8) is 0 Å². The van der Waals surface area contributed by atoms with Crippen molar-refractivity contribution in [1.82, 2.24) is 0 Å². The summed E-state index contributed by atoms with van der Waals surface area (Å²) in [5.74, 6) is -0.695. The van der Waals surface area contributed by atoms with Gasteiger partial charge >= 0.3 is 0 Å². The van der Waals surface area contributed by atoms with Crippen LogP contribution in [0.25, 0.3) is 0 Å². The smallest absolute Gasteiger partial charge is 0.251 e. The first kappa shape index (κ1) is 18.1. The third-order valence-corrected chi connectivity index (χ3v) is 3.72. The topological polar surface area (TPSA) is 66.5 Å². The maximum atomic E-state index is 12.3. The second kappa shape index (κ2) is 8.06. The molecule has 0 bridgehead atoms. The van der Waals surface area contributed by atoms with E-state index in [0.29, 0.717) is 16.8 Å². The Bertz CT molecular complexity index is 809. The molecule has 0 atom stereocenters. The maximum absolute atomic E-state index is 12.3. The zero-order chi connectivity index (χ0) is 18.4. The summed E-state index contributed by atoms with van der Waals surface area (Å²) >= 11 is 0. The second-order valence-corrected chi connectivity index (χ2v) is 5.65. The molecular formula is C20H20N2O3. The van der Waals surface area contributed by atoms with Gasteiger partial charge in [-0.15, -0.1) is 0 Å². The van der Waals surface area contributed by atoms with Crippen LogP contribution in [0.4, 0.5) is 11.4 Å². The number of rotatable bonds is 5. The van der Waals surface area contributed by atoms with Gasteiger partial charge in [0.25, 0.3) is 11.8 Å². The highest BCUT2D eigenvalue weighted by atomic mass is 16.2. The quantitative estimate of drug-likeness (QED) is 0.672. The highest BCUT2D eigenvalue weighted by Gasteiger charge is 2.12. The fraction of sp³-hybridized carbons (Fsp3) is 0.150. The molecule has 128 valence electrons. The van der Waals surface area contributed by atoms with Gasteiger partial charge in [-0.2, -0.15) is 0 Å². The molecule has 0 saturated carbocycles. The van der Waals surface area contributed by atoms with Crippen LogP contribution in [0.5, 0.6) is 0 Å². The van der Waals surface area contributed by atoms with E-state index in [4.69, 9.17) is 0 Å².